The molecule has 1 heterocycles. The maximum Gasteiger partial charge on any atom is 0.410 e. The molecule has 1 saturated carbocycles. The Morgan fingerprint density at radius 2 is 1.70 bits per heavy atom. The van der Waals surface area contributed by atoms with Gasteiger partial charge in [-0.2, -0.15) is 0 Å². The summed E-state index contributed by atoms with van der Waals surface area (Å²) in [5.41, 5.74) is -1.80. The zero-order valence-corrected chi connectivity index (χ0v) is 15.3. The van der Waals surface area contributed by atoms with Gasteiger partial charge in [-0.05, 0) is 58.3 Å². The lowest BCUT2D eigenvalue weighted by Gasteiger charge is -2.50. The van der Waals surface area contributed by atoms with E-state index in [0.29, 0.717) is 13.0 Å². The third-order valence-corrected chi connectivity index (χ3v) is 5.75. The van der Waals surface area contributed by atoms with Gasteiger partial charge in [-0.15, -0.1) is 0 Å². The minimum absolute atomic E-state index is 0.0261. The Morgan fingerprint density at radius 1 is 1.13 bits per heavy atom. The average Bonchev–Trinajstić information content (AvgIpc) is 2.82. The van der Waals surface area contributed by atoms with Crippen LogP contribution in [0.25, 0.3) is 0 Å². The zero-order valence-electron chi connectivity index (χ0n) is 15.3. The number of aliphatic hydroxyl groups excluding tert-OH is 1. The molecule has 2 fully saturated rings. The van der Waals surface area contributed by atoms with Crippen molar-refractivity contribution in [2.45, 2.75) is 77.9 Å². The molecule has 1 atom stereocenters. The predicted molar refractivity (Wildman–Crippen MR) is 89.1 cm³/mol. The highest BCUT2D eigenvalue weighted by molar-refractivity contribution is 5.68. The molecule has 0 aromatic carbocycles. The van der Waals surface area contributed by atoms with Gasteiger partial charge in [0, 0.05) is 12.0 Å². The number of aliphatic hydroxyl groups is 2. The lowest BCUT2D eigenvalue weighted by molar-refractivity contribution is -0.131. The van der Waals surface area contributed by atoms with Crippen LogP contribution in [0, 0.1) is 10.8 Å². The molecule has 0 aromatic rings. The molecule has 1 aliphatic carbocycles. The average molecular weight is 327 g/mol. The van der Waals surface area contributed by atoms with Crippen LogP contribution < -0.4 is 0 Å². The molecule has 5 nitrogen and oxygen atoms in total. The molecule has 0 radical (unpaired) electrons. The second-order valence-electron chi connectivity index (χ2n) is 9.29. The molecule has 1 unspecified atom stereocenters. The molecule has 0 bridgehead atoms. The predicted octanol–water partition coefficient (Wildman–Crippen LogP) is 2.94. The lowest BCUT2D eigenvalue weighted by atomic mass is 9.58. The van der Waals surface area contributed by atoms with E-state index in [0.717, 1.165) is 25.7 Å². The Kier molecular flexibility index (Phi) is 4.77. The van der Waals surface area contributed by atoms with Crippen LogP contribution in [0.4, 0.5) is 4.79 Å². The van der Waals surface area contributed by atoms with Crippen molar-refractivity contribution in [2.24, 2.45) is 10.8 Å². The van der Waals surface area contributed by atoms with E-state index in [-0.39, 0.29) is 24.7 Å². The third kappa shape index (κ3) is 3.82. The number of nitrogens with zero attached hydrogens (tertiary/aromatic N) is 1. The van der Waals surface area contributed by atoms with Gasteiger partial charge in [-0.3, -0.25) is 0 Å². The first kappa shape index (κ1) is 18.5. The Hall–Kier alpha value is -0.810. The van der Waals surface area contributed by atoms with Crippen LogP contribution in [-0.4, -0.2) is 52.1 Å². The van der Waals surface area contributed by atoms with Crippen molar-refractivity contribution >= 4 is 6.09 Å². The maximum atomic E-state index is 12.3. The fraction of sp³-hybridized carbons (Fsp3) is 0.944. The molecule has 2 rings (SSSR count). The Morgan fingerprint density at radius 3 is 2.17 bits per heavy atom. The molecular formula is C18H33NO4. The van der Waals surface area contributed by atoms with Crippen LogP contribution in [0.15, 0.2) is 0 Å². The maximum absolute atomic E-state index is 12.3. The first-order valence-electron chi connectivity index (χ1n) is 8.73. The van der Waals surface area contributed by atoms with E-state index in [4.69, 9.17) is 4.74 Å². The number of hydrogen-bond donors (Lipinski definition) is 2. The highest BCUT2D eigenvalue weighted by atomic mass is 16.6. The minimum Gasteiger partial charge on any atom is -0.444 e. The summed E-state index contributed by atoms with van der Waals surface area (Å²) < 4.78 is 5.42. The molecule has 0 aromatic heterocycles. The highest BCUT2D eigenvalue weighted by Gasteiger charge is 2.56. The van der Waals surface area contributed by atoms with E-state index in [1.54, 1.807) is 4.90 Å². The first-order valence-corrected chi connectivity index (χ1v) is 8.73. The lowest BCUT2D eigenvalue weighted by Crippen LogP contribution is -2.55. The summed E-state index contributed by atoms with van der Waals surface area (Å²) in [6.45, 7) is 10.7. The number of rotatable bonds is 2. The van der Waals surface area contributed by atoms with Crippen molar-refractivity contribution in [1.82, 2.24) is 4.90 Å². The number of carbonyl (C=O) groups excluding carboxylic acids is 1. The number of hydrogen-bond acceptors (Lipinski definition) is 4. The number of likely N-dealkylation sites (tertiary alicyclic amines) is 1. The van der Waals surface area contributed by atoms with Crippen LogP contribution >= 0.6 is 0 Å². The van der Waals surface area contributed by atoms with Crippen LogP contribution in [0.3, 0.4) is 0 Å². The van der Waals surface area contributed by atoms with Crippen molar-refractivity contribution in [3.8, 4) is 0 Å². The second kappa shape index (κ2) is 5.92. The van der Waals surface area contributed by atoms with E-state index in [1.165, 1.54) is 0 Å². The fourth-order valence-corrected chi connectivity index (χ4v) is 3.88. The minimum atomic E-state index is -1.02. The van der Waals surface area contributed by atoms with Crippen molar-refractivity contribution < 1.29 is 19.7 Å². The number of β-amino-alcohol motifs (C(OH)–C–C–N with tert-alkyl or cyclic N) is 1. The normalized spacial score (nSPS) is 30.3. The topological polar surface area (TPSA) is 70.0 Å². The molecule has 5 heteroatoms. The molecule has 1 saturated heterocycles. The van der Waals surface area contributed by atoms with Gasteiger partial charge in [0.2, 0.25) is 0 Å². The third-order valence-electron chi connectivity index (χ3n) is 5.75. The number of carbonyl (C=O) groups is 1. The van der Waals surface area contributed by atoms with E-state index in [2.05, 4.69) is 13.8 Å². The molecule has 134 valence electrons. The quantitative estimate of drug-likeness (QED) is 0.818. The van der Waals surface area contributed by atoms with Crippen molar-refractivity contribution in [3.05, 3.63) is 0 Å². The number of ether oxygens (including phenoxy) is 1. The monoisotopic (exact) mass is 327 g/mol. The SMILES string of the molecule is CC1(C)CCC(CO)(C2(O)CCN(C(=O)OC(C)(C)C)C2)CC1. The van der Waals surface area contributed by atoms with E-state index in [1.807, 2.05) is 20.8 Å². The molecule has 0 spiro atoms. The highest BCUT2D eigenvalue weighted by Crippen LogP contribution is 2.52. The number of amides is 1. The smallest absolute Gasteiger partial charge is 0.410 e. The van der Waals surface area contributed by atoms with Crippen molar-refractivity contribution in [3.63, 3.8) is 0 Å². The van der Waals surface area contributed by atoms with Gasteiger partial charge in [0.25, 0.3) is 0 Å². The molecule has 2 aliphatic rings. The zero-order chi connectivity index (χ0) is 17.5. The molecule has 1 amide bonds. The molecular weight excluding hydrogens is 294 g/mol. The molecule has 1 aliphatic heterocycles. The van der Waals surface area contributed by atoms with Gasteiger partial charge in [-0.25, -0.2) is 4.79 Å². The summed E-state index contributed by atoms with van der Waals surface area (Å²) in [5.74, 6) is 0. The van der Waals surface area contributed by atoms with Gasteiger partial charge < -0.3 is 19.8 Å². The standard InChI is InChI=1S/C18H33NO4/c1-15(2,3)23-14(21)19-11-10-18(22,12-19)17(13-20)8-6-16(4,5)7-9-17/h20,22H,6-13H2,1-5H3. The van der Waals surface area contributed by atoms with Gasteiger partial charge in [0.1, 0.15) is 5.60 Å². The summed E-state index contributed by atoms with van der Waals surface area (Å²) in [6, 6.07) is 0. The van der Waals surface area contributed by atoms with Gasteiger partial charge in [-0.1, -0.05) is 13.8 Å². The van der Waals surface area contributed by atoms with Crippen molar-refractivity contribution in [1.29, 1.82) is 0 Å². The summed E-state index contributed by atoms with van der Waals surface area (Å²) in [7, 11) is 0. The summed E-state index contributed by atoms with van der Waals surface area (Å²) >= 11 is 0. The molecule has 23 heavy (non-hydrogen) atoms. The van der Waals surface area contributed by atoms with Crippen LogP contribution in [0.5, 0.6) is 0 Å². The Bertz CT molecular complexity index is 444. The van der Waals surface area contributed by atoms with Gasteiger partial charge in [0.05, 0.1) is 18.8 Å². The summed E-state index contributed by atoms with van der Waals surface area (Å²) in [6.07, 6.45) is 3.71. The first-order chi connectivity index (χ1) is 10.4. The van der Waals surface area contributed by atoms with Crippen LogP contribution in [0.1, 0.15) is 66.7 Å². The van der Waals surface area contributed by atoms with E-state index >= 15 is 0 Å². The van der Waals surface area contributed by atoms with E-state index < -0.39 is 16.6 Å². The summed E-state index contributed by atoms with van der Waals surface area (Å²) in [5, 5.41) is 21.3. The van der Waals surface area contributed by atoms with E-state index in [9.17, 15) is 15.0 Å². The van der Waals surface area contributed by atoms with Gasteiger partial charge >= 0.3 is 6.09 Å². The fourth-order valence-electron chi connectivity index (χ4n) is 3.88. The molecule has 2 N–H and O–H groups in total. The Balaban J connectivity index is 2.09. The van der Waals surface area contributed by atoms with Crippen molar-refractivity contribution in [2.75, 3.05) is 19.7 Å². The largest absolute Gasteiger partial charge is 0.444 e. The van der Waals surface area contributed by atoms with Gasteiger partial charge in [0.15, 0.2) is 0 Å². The van der Waals surface area contributed by atoms with Crippen LogP contribution in [0.2, 0.25) is 0 Å². The second-order valence-corrected chi connectivity index (χ2v) is 9.29. The van der Waals surface area contributed by atoms with Crippen LogP contribution in [-0.2, 0) is 4.74 Å². The summed E-state index contributed by atoms with van der Waals surface area (Å²) in [4.78, 5) is 13.8. The Labute approximate surface area is 140 Å².